The molecule has 0 unspecified atom stereocenters. The molecule has 0 fully saturated rings. The predicted octanol–water partition coefficient (Wildman–Crippen LogP) is 2.61. The van der Waals surface area contributed by atoms with Gasteiger partial charge in [0.15, 0.2) is 0 Å². The Morgan fingerprint density at radius 3 is 1.55 bits per heavy atom. The van der Waals surface area contributed by atoms with Gasteiger partial charge in [0.25, 0.3) is 0 Å². The maximum Gasteiger partial charge on any atom is 0.412 e. The molecule has 0 saturated heterocycles. The molecule has 104 valence electrons. The molecule has 2 aromatic carbocycles. The summed E-state index contributed by atoms with van der Waals surface area (Å²) in [6.07, 6.45) is -0.408. The second kappa shape index (κ2) is 8.31. The topological polar surface area (TPSA) is 92.4 Å². The number of hydrogen-bond donors (Lipinski definition) is 3. The number of hydrogen-bond acceptors (Lipinski definition) is 2. The summed E-state index contributed by atoms with van der Waals surface area (Å²) in [4.78, 5) is 18.9. The van der Waals surface area contributed by atoms with Gasteiger partial charge in [0.2, 0.25) is 0 Å². The van der Waals surface area contributed by atoms with E-state index in [0.717, 1.165) is 6.42 Å². The number of amides is 3. The summed E-state index contributed by atoms with van der Waals surface area (Å²) < 4.78 is 0. The number of imide groups is 1. The summed E-state index contributed by atoms with van der Waals surface area (Å²) in [7, 11) is 0. The molecule has 0 spiro atoms. The zero-order valence-electron chi connectivity index (χ0n) is 10.8. The fourth-order valence-corrected chi connectivity index (χ4v) is 1.53. The third kappa shape index (κ3) is 6.80. The van der Waals surface area contributed by atoms with Crippen LogP contribution in [0, 0.1) is 0 Å². The van der Waals surface area contributed by atoms with Crippen molar-refractivity contribution in [3.8, 4) is 0 Å². The Kier molecular flexibility index (Phi) is 6.33. The van der Waals surface area contributed by atoms with E-state index in [9.17, 15) is 9.59 Å². The molecule has 0 radical (unpaired) electrons. The molecule has 20 heavy (non-hydrogen) atoms. The third-order valence-electron chi connectivity index (χ3n) is 2.32. The molecule has 3 amide bonds. The SMILES string of the molecule is NC(=O)NC(=O)O.c1ccc(Cc2ccccc2)cc1. The molecule has 0 bridgehead atoms. The van der Waals surface area contributed by atoms with Gasteiger partial charge >= 0.3 is 12.1 Å². The van der Waals surface area contributed by atoms with Crippen LogP contribution in [0.4, 0.5) is 9.59 Å². The predicted molar refractivity (Wildman–Crippen MR) is 76.4 cm³/mol. The smallest absolute Gasteiger partial charge is 0.412 e. The van der Waals surface area contributed by atoms with Crippen molar-refractivity contribution in [3.63, 3.8) is 0 Å². The van der Waals surface area contributed by atoms with Gasteiger partial charge in [0.05, 0.1) is 0 Å². The van der Waals surface area contributed by atoms with E-state index in [-0.39, 0.29) is 0 Å². The lowest BCUT2D eigenvalue weighted by Gasteiger charge is -2.00. The minimum Gasteiger partial charge on any atom is -0.465 e. The Morgan fingerprint density at radius 1 is 0.900 bits per heavy atom. The van der Waals surface area contributed by atoms with Crippen molar-refractivity contribution < 1.29 is 14.7 Å². The largest absolute Gasteiger partial charge is 0.465 e. The lowest BCUT2D eigenvalue weighted by Crippen LogP contribution is -2.33. The summed E-state index contributed by atoms with van der Waals surface area (Å²) >= 11 is 0. The molecule has 0 heterocycles. The Balaban J connectivity index is 0.000000246. The molecule has 5 nitrogen and oxygen atoms in total. The quantitative estimate of drug-likeness (QED) is 0.784. The average molecular weight is 272 g/mol. The van der Waals surface area contributed by atoms with Crippen LogP contribution in [-0.4, -0.2) is 17.2 Å². The van der Waals surface area contributed by atoms with E-state index >= 15 is 0 Å². The second-order valence-electron chi connectivity index (χ2n) is 3.94. The van der Waals surface area contributed by atoms with Crippen LogP contribution in [-0.2, 0) is 6.42 Å². The first-order valence-corrected chi connectivity index (χ1v) is 5.95. The molecule has 2 aromatic rings. The maximum absolute atomic E-state index is 9.54. The van der Waals surface area contributed by atoms with Crippen LogP contribution < -0.4 is 11.1 Å². The maximum atomic E-state index is 9.54. The van der Waals surface area contributed by atoms with Crippen LogP contribution in [0.15, 0.2) is 60.7 Å². The minimum absolute atomic E-state index is 1.03. The summed E-state index contributed by atoms with van der Waals surface area (Å²) in [5, 5.41) is 9.03. The molecule has 0 aromatic heterocycles. The lowest BCUT2D eigenvalue weighted by molar-refractivity contribution is 0.193. The van der Waals surface area contributed by atoms with Crippen molar-refractivity contribution in [2.45, 2.75) is 6.42 Å². The summed E-state index contributed by atoms with van der Waals surface area (Å²) in [6.45, 7) is 0. The van der Waals surface area contributed by atoms with Crippen molar-refractivity contribution in [1.29, 1.82) is 0 Å². The van der Waals surface area contributed by atoms with Crippen molar-refractivity contribution >= 4 is 12.1 Å². The van der Waals surface area contributed by atoms with E-state index in [1.54, 1.807) is 0 Å². The molecule has 4 N–H and O–H groups in total. The number of urea groups is 1. The fraction of sp³-hybridized carbons (Fsp3) is 0.0667. The van der Waals surface area contributed by atoms with Crippen LogP contribution in [0.5, 0.6) is 0 Å². The number of rotatable bonds is 2. The first-order valence-electron chi connectivity index (χ1n) is 5.95. The first-order chi connectivity index (χ1) is 9.58. The van der Waals surface area contributed by atoms with E-state index in [0.29, 0.717) is 0 Å². The van der Waals surface area contributed by atoms with Crippen LogP contribution >= 0.6 is 0 Å². The van der Waals surface area contributed by atoms with E-state index in [4.69, 9.17) is 5.11 Å². The van der Waals surface area contributed by atoms with Gasteiger partial charge in [-0.05, 0) is 17.5 Å². The van der Waals surface area contributed by atoms with Gasteiger partial charge in [-0.2, -0.15) is 0 Å². The van der Waals surface area contributed by atoms with Gasteiger partial charge < -0.3 is 10.8 Å². The second-order valence-corrected chi connectivity index (χ2v) is 3.94. The molecule has 0 aliphatic rings. The monoisotopic (exact) mass is 272 g/mol. The molecular formula is C15H16N2O3. The van der Waals surface area contributed by atoms with E-state index in [1.165, 1.54) is 16.4 Å². The number of carboxylic acid groups (broad SMARTS) is 1. The molecule has 0 aliphatic carbocycles. The first kappa shape index (κ1) is 15.2. The fourth-order valence-electron chi connectivity index (χ4n) is 1.53. The Morgan fingerprint density at radius 2 is 1.30 bits per heavy atom. The molecular weight excluding hydrogens is 256 g/mol. The van der Waals surface area contributed by atoms with Crippen LogP contribution in [0.3, 0.4) is 0 Å². The van der Waals surface area contributed by atoms with Crippen molar-refractivity contribution in [2.24, 2.45) is 5.73 Å². The number of nitrogens with two attached hydrogens (primary N) is 1. The molecule has 5 heteroatoms. The average Bonchev–Trinajstić information content (AvgIpc) is 2.40. The Bertz CT molecular complexity index is 492. The number of carbonyl (C=O) groups is 2. The highest BCUT2D eigenvalue weighted by molar-refractivity contribution is 5.88. The van der Waals surface area contributed by atoms with Gasteiger partial charge in [-0.25, -0.2) is 14.9 Å². The standard InChI is InChI=1S/C13H12.C2H4N2O3/c1-3-7-12(8-4-1)11-13-9-5-2-6-10-13;3-1(5)4-2(6)7/h1-10H,11H2;(H,6,7)(H3,3,4,5). The summed E-state index contributed by atoms with van der Waals surface area (Å²) in [5.74, 6) is 0. The van der Waals surface area contributed by atoms with Gasteiger partial charge in [-0.1, -0.05) is 60.7 Å². The molecule has 2 rings (SSSR count). The van der Waals surface area contributed by atoms with Gasteiger partial charge in [-0.3, -0.25) is 0 Å². The lowest BCUT2D eigenvalue weighted by atomic mass is 10.1. The highest BCUT2D eigenvalue weighted by Gasteiger charge is 1.95. The molecule has 0 aliphatic heterocycles. The van der Waals surface area contributed by atoms with E-state index < -0.39 is 12.1 Å². The van der Waals surface area contributed by atoms with Gasteiger partial charge in [0.1, 0.15) is 0 Å². The number of nitrogens with one attached hydrogen (secondary N) is 1. The van der Waals surface area contributed by atoms with Crippen LogP contribution in [0.2, 0.25) is 0 Å². The highest BCUT2D eigenvalue weighted by Crippen LogP contribution is 2.07. The zero-order chi connectivity index (χ0) is 14.8. The van der Waals surface area contributed by atoms with Gasteiger partial charge in [-0.15, -0.1) is 0 Å². The zero-order valence-corrected chi connectivity index (χ0v) is 10.8. The minimum atomic E-state index is -1.44. The normalized spacial score (nSPS) is 9.00. The van der Waals surface area contributed by atoms with E-state index in [1.807, 2.05) is 0 Å². The number of carbonyl (C=O) groups excluding carboxylic acids is 1. The van der Waals surface area contributed by atoms with Crippen molar-refractivity contribution in [3.05, 3.63) is 71.8 Å². The Labute approximate surface area is 117 Å². The van der Waals surface area contributed by atoms with Crippen LogP contribution in [0.25, 0.3) is 0 Å². The van der Waals surface area contributed by atoms with Crippen LogP contribution in [0.1, 0.15) is 11.1 Å². The number of benzene rings is 2. The Hall–Kier alpha value is -2.82. The van der Waals surface area contributed by atoms with Crippen molar-refractivity contribution in [1.82, 2.24) is 5.32 Å². The van der Waals surface area contributed by atoms with Crippen molar-refractivity contribution in [2.75, 3.05) is 0 Å². The highest BCUT2D eigenvalue weighted by atomic mass is 16.4. The van der Waals surface area contributed by atoms with E-state index in [2.05, 4.69) is 66.4 Å². The molecule has 0 saturated carbocycles. The summed E-state index contributed by atoms with van der Waals surface area (Å²) in [5.41, 5.74) is 7.10. The number of primary amides is 1. The third-order valence-corrected chi connectivity index (χ3v) is 2.32. The molecule has 0 atom stereocenters. The van der Waals surface area contributed by atoms with Gasteiger partial charge in [0, 0.05) is 0 Å². The summed E-state index contributed by atoms with van der Waals surface area (Å²) in [6, 6.07) is 20.0.